The zero-order chi connectivity index (χ0) is 12.5. The first-order chi connectivity index (χ1) is 8.02. The highest BCUT2D eigenvalue weighted by atomic mass is 15.2. The molecule has 90 valence electrons. The van der Waals surface area contributed by atoms with Crippen molar-refractivity contribution < 1.29 is 0 Å². The molecule has 1 aromatic carbocycles. The number of pyridine rings is 1. The van der Waals surface area contributed by atoms with Crippen LogP contribution in [0.1, 0.15) is 32.4 Å². The van der Waals surface area contributed by atoms with Gasteiger partial charge >= 0.3 is 0 Å². The molecule has 3 nitrogen and oxygen atoms in total. The first-order valence-corrected chi connectivity index (χ1v) is 5.83. The first-order valence-electron chi connectivity index (χ1n) is 5.83. The van der Waals surface area contributed by atoms with Crippen molar-refractivity contribution in [3.8, 4) is 0 Å². The van der Waals surface area contributed by atoms with Crippen LogP contribution in [0.25, 0.3) is 10.9 Å². The van der Waals surface area contributed by atoms with Gasteiger partial charge in [0.2, 0.25) is 0 Å². The Hall–Kier alpha value is -1.45. The van der Waals surface area contributed by atoms with Crippen LogP contribution in [0.4, 0.5) is 0 Å². The average molecular weight is 229 g/mol. The van der Waals surface area contributed by atoms with Crippen LogP contribution >= 0.6 is 0 Å². The lowest BCUT2D eigenvalue weighted by atomic mass is 9.83. The normalized spacial score (nSPS) is 13.9. The van der Waals surface area contributed by atoms with Crippen molar-refractivity contribution in [3.63, 3.8) is 0 Å². The van der Waals surface area contributed by atoms with Crippen LogP contribution in [0.15, 0.2) is 36.5 Å². The van der Waals surface area contributed by atoms with Crippen LogP contribution in [-0.2, 0) is 0 Å². The molecule has 3 N–H and O–H groups in total. The number of hydrogen-bond acceptors (Lipinski definition) is 3. The Kier molecular flexibility index (Phi) is 3.13. The molecule has 0 bridgehead atoms. The molecular formula is C14H19N3. The van der Waals surface area contributed by atoms with Gasteiger partial charge in [-0.15, -0.1) is 0 Å². The van der Waals surface area contributed by atoms with E-state index in [-0.39, 0.29) is 11.5 Å². The molecule has 0 aliphatic rings. The van der Waals surface area contributed by atoms with Crippen LogP contribution in [-0.4, -0.2) is 4.98 Å². The lowest BCUT2D eigenvalue weighted by Crippen LogP contribution is -2.36. The fourth-order valence-corrected chi connectivity index (χ4v) is 2.09. The van der Waals surface area contributed by atoms with E-state index in [0.717, 1.165) is 16.5 Å². The lowest BCUT2D eigenvalue weighted by molar-refractivity contribution is 0.275. The molecule has 1 atom stereocenters. The van der Waals surface area contributed by atoms with Crippen molar-refractivity contribution in [2.24, 2.45) is 11.3 Å². The van der Waals surface area contributed by atoms with Crippen molar-refractivity contribution in [3.05, 3.63) is 42.1 Å². The maximum Gasteiger partial charge on any atom is 0.0702 e. The molecule has 0 amide bonds. The maximum atomic E-state index is 5.66. The van der Waals surface area contributed by atoms with Crippen LogP contribution in [0, 0.1) is 5.41 Å². The van der Waals surface area contributed by atoms with Gasteiger partial charge in [-0.1, -0.05) is 39.0 Å². The minimum atomic E-state index is 0.0545. The van der Waals surface area contributed by atoms with Gasteiger partial charge in [0, 0.05) is 11.6 Å². The monoisotopic (exact) mass is 229 g/mol. The van der Waals surface area contributed by atoms with Gasteiger partial charge in [-0.2, -0.15) is 0 Å². The van der Waals surface area contributed by atoms with E-state index < -0.39 is 0 Å². The standard InChI is InChI=1S/C14H19N3/c1-14(2,3)13(17-15)11-8-10-6-4-5-7-12(10)16-9-11/h4-9,13,17H,15H2,1-3H3. The van der Waals surface area contributed by atoms with Crippen molar-refractivity contribution in [1.82, 2.24) is 10.4 Å². The van der Waals surface area contributed by atoms with E-state index in [1.54, 1.807) is 0 Å². The number of hydrazine groups is 1. The van der Waals surface area contributed by atoms with E-state index in [1.807, 2.05) is 24.4 Å². The molecule has 1 aromatic heterocycles. The molecule has 2 aromatic rings. The number of nitrogens with two attached hydrogens (primary N) is 1. The quantitative estimate of drug-likeness (QED) is 0.615. The van der Waals surface area contributed by atoms with Crippen LogP contribution in [0.3, 0.4) is 0 Å². The lowest BCUT2D eigenvalue weighted by Gasteiger charge is -2.30. The molecule has 0 saturated carbocycles. The summed E-state index contributed by atoms with van der Waals surface area (Å²) in [6.07, 6.45) is 1.90. The summed E-state index contributed by atoms with van der Waals surface area (Å²) in [6, 6.07) is 10.4. The summed E-state index contributed by atoms with van der Waals surface area (Å²) in [5.74, 6) is 5.66. The van der Waals surface area contributed by atoms with Gasteiger partial charge in [0.25, 0.3) is 0 Å². The predicted molar refractivity (Wildman–Crippen MR) is 71.3 cm³/mol. The van der Waals surface area contributed by atoms with Crippen LogP contribution < -0.4 is 11.3 Å². The summed E-state index contributed by atoms with van der Waals surface area (Å²) >= 11 is 0. The van der Waals surface area contributed by atoms with E-state index in [2.05, 4.69) is 43.3 Å². The number of fused-ring (bicyclic) bond motifs is 1. The zero-order valence-electron chi connectivity index (χ0n) is 10.6. The van der Waals surface area contributed by atoms with Gasteiger partial charge < -0.3 is 0 Å². The highest BCUT2D eigenvalue weighted by Gasteiger charge is 2.25. The fraction of sp³-hybridized carbons (Fsp3) is 0.357. The summed E-state index contributed by atoms with van der Waals surface area (Å²) in [7, 11) is 0. The smallest absolute Gasteiger partial charge is 0.0702 e. The molecule has 0 radical (unpaired) electrons. The molecule has 17 heavy (non-hydrogen) atoms. The molecule has 0 spiro atoms. The van der Waals surface area contributed by atoms with Gasteiger partial charge in [-0.25, -0.2) is 0 Å². The number of aromatic nitrogens is 1. The number of nitrogens with zero attached hydrogens (tertiary/aromatic N) is 1. The summed E-state index contributed by atoms with van der Waals surface area (Å²) in [6.45, 7) is 6.48. The number of rotatable bonds is 2. The second-order valence-electron chi connectivity index (χ2n) is 5.43. The van der Waals surface area contributed by atoms with Crippen molar-refractivity contribution in [2.45, 2.75) is 26.8 Å². The second kappa shape index (κ2) is 4.43. The number of hydrogen-bond donors (Lipinski definition) is 2. The third-order valence-electron chi connectivity index (χ3n) is 2.98. The van der Waals surface area contributed by atoms with Crippen LogP contribution in [0.5, 0.6) is 0 Å². The Labute approximate surface area is 102 Å². The minimum absolute atomic E-state index is 0.0545. The van der Waals surface area contributed by atoms with Gasteiger partial charge in [0.05, 0.1) is 11.6 Å². The van der Waals surface area contributed by atoms with E-state index in [9.17, 15) is 0 Å². The van der Waals surface area contributed by atoms with Crippen molar-refractivity contribution in [1.29, 1.82) is 0 Å². The molecule has 2 rings (SSSR count). The van der Waals surface area contributed by atoms with E-state index in [1.165, 1.54) is 0 Å². The molecular weight excluding hydrogens is 210 g/mol. The van der Waals surface area contributed by atoms with Gasteiger partial charge in [0.1, 0.15) is 0 Å². The third-order valence-corrected chi connectivity index (χ3v) is 2.98. The van der Waals surface area contributed by atoms with Crippen molar-refractivity contribution in [2.75, 3.05) is 0 Å². The molecule has 0 fully saturated rings. The van der Waals surface area contributed by atoms with Crippen LogP contribution in [0.2, 0.25) is 0 Å². The second-order valence-corrected chi connectivity index (χ2v) is 5.43. The maximum absolute atomic E-state index is 5.66. The van der Waals surface area contributed by atoms with Gasteiger partial charge in [-0.3, -0.25) is 16.3 Å². The number of para-hydroxylation sites is 1. The summed E-state index contributed by atoms with van der Waals surface area (Å²) in [4.78, 5) is 4.47. The minimum Gasteiger partial charge on any atom is -0.271 e. The summed E-state index contributed by atoms with van der Waals surface area (Å²) in [5.41, 5.74) is 5.08. The number of benzene rings is 1. The highest BCUT2D eigenvalue weighted by Crippen LogP contribution is 2.32. The molecule has 0 aliphatic carbocycles. The highest BCUT2D eigenvalue weighted by molar-refractivity contribution is 5.78. The molecule has 1 unspecified atom stereocenters. The Morgan fingerprint density at radius 1 is 1.24 bits per heavy atom. The molecule has 0 saturated heterocycles. The topological polar surface area (TPSA) is 50.9 Å². The first kappa shape index (κ1) is 12.0. The van der Waals surface area contributed by atoms with E-state index in [0.29, 0.717) is 0 Å². The van der Waals surface area contributed by atoms with Crippen molar-refractivity contribution >= 4 is 10.9 Å². The zero-order valence-corrected chi connectivity index (χ0v) is 10.6. The Morgan fingerprint density at radius 2 is 1.94 bits per heavy atom. The Morgan fingerprint density at radius 3 is 2.59 bits per heavy atom. The van der Waals surface area contributed by atoms with E-state index >= 15 is 0 Å². The molecule has 1 heterocycles. The SMILES string of the molecule is CC(C)(C)C(NN)c1cnc2ccccc2c1. The Bertz CT molecular complexity index is 514. The van der Waals surface area contributed by atoms with Gasteiger partial charge in [-0.05, 0) is 23.1 Å². The molecule has 0 aliphatic heterocycles. The largest absolute Gasteiger partial charge is 0.271 e. The molecule has 3 heteroatoms. The fourth-order valence-electron chi connectivity index (χ4n) is 2.09. The Balaban J connectivity index is 2.48. The summed E-state index contributed by atoms with van der Waals surface area (Å²) < 4.78 is 0. The summed E-state index contributed by atoms with van der Waals surface area (Å²) in [5, 5.41) is 1.15. The predicted octanol–water partition coefficient (Wildman–Crippen LogP) is 2.79. The third kappa shape index (κ3) is 2.46. The van der Waals surface area contributed by atoms with E-state index in [4.69, 9.17) is 5.84 Å². The van der Waals surface area contributed by atoms with Gasteiger partial charge in [0.15, 0.2) is 0 Å². The number of nitrogens with one attached hydrogen (secondary N) is 1. The average Bonchev–Trinajstić information content (AvgIpc) is 2.28.